The molecule has 0 aromatic carbocycles. The van der Waals surface area contributed by atoms with E-state index in [0.29, 0.717) is 6.67 Å². The van der Waals surface area contributed by atoms with Crippen molar-refractivity contribution in [3.63, 3.8) is 0 Å². The molecule has 1 aliphatic rings. The maximum absolute atomic E-state index is 6.18. The summed E-state index contributed by atoms with van der Waals surface area (Å²) < 4.78 is 1.75. The van der Waals surface area contributed by atoms with Crippen molar-refractivity contribution in [2.24, 2.45) is 22.8 Å². The number of aromatic nitrogens is 2. The van der Waals surface area contributed by atoms with Crippen LogP contribution in [-0.2, 0) is 7.05 Å². The van der Waals surface area contributed by atoms with Gasteiger partial charge in [-0.25, -0.2) is 4.99 Å². The number of nitrogens with zero attached hydrogens (tertiary/aromatic N) is 5. The van der Waals surface area contributed by atoms with Gasteiger partial charge in [0.2, 0.25) is 0 Å². The van der Waals surface area contributed by atoms with Gasteiger partial charge >= 0.3 is 0 Å². The van der Waals surface area contributed by atoms with Gasteiger partial charge in [-0.05, 0) is 32.6 Å². The summed E-state index contributed by atoms with van der Waals surface area (Å²) in [6.07, 6.45) is 9.15. The van der Waals surface area contributed by atoms with Crippen LogP contribution in [0.3, 0.4) is 0 Å². The predicted molar refractivity (Wildman–Crippen MR) is 91.2 cm³/mol. The molecule has 1 fully saturated rings. The summed E-state index contributed by atoms with van der Waals surface area (Å²) in [6.45, 7) is 7.87. The normalized spacial score (nSPS) is 18.7. The minimum atomic E-state index is -0.0734. The number of piperidine rings is 1. The Bertz CT molecular complexity index is 546. The van der Waals surface area contributed by atoms with Gasteiger partial charge in [0.05, 0.1) is 11.9 Å². The molecular formula is C15H25N7. The van der Waals surface area contributed by atoms with Crippen LogP contribution in [0.1, 0.15) is 19.8 Å². The molecule has 1 aliphatic heterocycles. The molecule has 0 spiro atoms. The first kappa shape index (κ1) is 16.2. The third-order valence-electron chi connectivity index (χ3n) is 3.79. The van der Waals surface area contributed by atoms with Crippen LogP contribution in [0, 0.1) is 0 Å². The number of rotatable bonds is 5. The molecule has 3 N–H and O–H groups in total. The second-order valence-electron chi connectivity index (χ2n) is 5.89. The first-order chi connectivity index (χ1) is 10.5. The average molecular weight is 303 g/mol. The molecule has 7 heteroatoms. The molecular weight excluding hydrogens is 278 g/mol. The van der Waals surface area contributed by atoms with Crippen LogP contribution < -0.4 is 11.1 Å². The molecule has 1 saturated heterocycles. The molecule has 0 saturated carbocycles. The molecule has 0 aliphatic carbocycles. The fourth-order valence-electron chi connectivity index (χ4n) is 2.35. The highest BCUT2D eigenvalue weighted by molar-refractivity contribution is 5.93. The topological polar surface area (TPSA) is 83.8 Å². The maximum Gasteiger partial charge on any atom is 0.127 e. The van der Waals surface area contributed by atoms with Gasteiger partial charge in [0, 0.05) is 38.1 Å². The molecule has 0 unspecified atom stereocenters. The summed E-state index contributed by atoms with van der Waals surface area (Å²) >= 11 is 0. The van der Waals surface area contributed by atoms with Crippen LogP contribution in [-0.4, -0.2) is 52.5 Å². The highest BCUT2D eigenvalue weighted by Gasteiger charge is 2.26. The Morgan fingerprint density at radius 1 is 1.55 bits per heavy atom. The molecule has 120 valence electrons. The number of nitrogens with one attached hydrogen (secondary N) is 1. The number of anilines is 1. The van der Waals surface area contributed by atoms with Crippen LogP contribution in [0.2, 0.25) is 0 Å². The summed E-state index contributed by atoms with van der Waals surface area (Å²) in [5, 5.41) is 7.34. The molecule has 0 radical (unpaired) electrons. The van der Waals surface area contributed by atoms with E-state index in [1.165, 1.54) is 0 Å². The molecule has 2 heterocycles. The summed E-state index contributed by atoms with van der Waals surface area (Å²) in [6, 6.07) is 0. The van der Waals surface area contributed by atoms with Crippen molar-refractivity contribution in [1.29, 1.82) is 0 Å². The van der Waals surface area contributed by atoms with E-state index in [1.807, 2.05) is 19.3 Å². The Morgan fingerprint density at radius 2 is 2.27 bits per heavy atom. The van der Waals surface area contributed by atoms with E-state index in [-0.39, 0.29) is 5.54 Å². The molecule has 0 amide bonds. The van der Waals surface area contributed by atoms with Gasteiger partial charge in [-0.2, -0.15) is 5.10 Å². The molecule has 22 heavy (non-hydrogen) atoms. The number of amidine groups is 1. The van der Waals surface area contributed by atoms with Gasteiger partial charge in [-0.15, -0.1) is 0 Å². The quantitative estimate of drug-likeness (QED) is 0.633. The van der Waals surface area contributed by atoms with E-state index in [0.717, 1.165) is 37.5 Å². The van der Waals surface area contributed by atoms with Crippen molar-refractivity contribution in [3.05, 3.63) is 24.7 Å². The van der Waals surface area contributed by atoms with Gasteiger partial charge in [-0.3, -0.25) is 9.67 Å². The summed E-state index contributed by atoms with van der Waals surface area (Å²) in [7, 11) is 1.88. The lowest BCUT2D eigenvalue weighted by Gasteiger charge is -2.37. The monoisotopic (exact) mass is 303 g/mol. The second kappa shape index (κ2) is 7.22. The van der Waals surface area contributed by atoms with E-state index in [1.54, 1.807) is 17.1 Å². The van der Waals surface area contributed by atoms with Crippen molar-refractivity contribution >= 4 is 18.2 Å². The number of hydrogen-bond donors (Lipinski definition) is 2. The smallest absolute Gasteiger partial charge is 0.127 e. The van der Waals surface area contributed by atoms with Crippen LogP contribution in [0.15, 0.2) is 34.7 Å². The van der Waals surface area contributed by atoms with E-state index in [2.05, 4.69) is 38.9 Å². The molecule has 2 rings (SSSR count). The van der Waals surface area contributed by atoms with Gasteiger partial charge < -0.3 is 16.0 Å². The van der Waals surface area contributed by atoms with Gasteiger partial charge in [0.15, 0.2) is 0 Å². The SMILES string of the molecule is C=N/C=C\C(=N/CNc1cnn(C)c1)N1CCC(C)(N)CC1. The number of nitrogens with two attached hydrogens (primary N) is 1. The van der Waals surface area contributed by atoms with Gasteiger partial charge in [0.1, 0.15) is 12.5 Å². The minimum absolute atomic E-state index is 0.0734. The standard InChI is InChI=1S/C15H25N7/c1-15(16)5-8-22(9-6-15)14(4-7-17-2)19-12-18-13-10-20-21(3)11-13/h4,7,10-11,18H,2,5-6,8-9,12,16H2,1,3H3/b7-4-,19-14+. The fraction of sp³-hybridized carbons (Fsp3) is 0.533. The molecule has 7 nitrogen and oxygen atoms in total. The zero-order valence-electron chi connectivity index (χ0n) is 13.4. The molecule has 1 aromatic rings. The predicted octanol–water partition coefficient (Wildman–Crippen LogP) is 1.22. The number of hydrogen-bond acceptors (Lipinski definition) is 5. The van der Waals surface area contributed by atoms with E-state index >= 15 is 0 Å². The number of aryl methyl sites for hydroxylation is 1. The highest BCUT2D eigenvalue weighted by Crippen LogP contribution is 2.19. The first-order valence-electron chi connectivity index (χ1n) is 7.43. The molecule has 1 aromatic heterocycles. The van der Waals surface area contributed by atoms with Crippen molar-refractivity contribution in [1.82, 2.24) is 14.7 Å². The zero-order chi connectivity index (χ0) is 16.0. The molecule has 0 bridgehead atoms. The van der Waals surface area contributed by atoms with Crippen molar-refractivity contribution in [2.75, 3.05) is 25.1 Å². The minimum Gasteiger partial charge on any atom is -0.364 e. The third-order valence-corrected chi connectivity index (χ3v) is 3.79. The summed E-state index contributed by atoms with van der Waals surface area (Å²) in [5.41, 5.74) is 7.06. The second-order valence-corrected chi connectivity index (χ2v) is 5.89. The third kappa shape index (κ3) is 4.70. The lowest BCUT2D eigenvalue weighted by molar-refractivity contribution is 0.245. The lowest BCUT2D eigenvalue weighted by Crippen LogP contribution is -2.49. The van der Waals surface area contributed by atoms with E-state index in [4.69, 9.17) is 5.73 Å². The van der Waals surface area contributed by atoms with E-state index in [9.17, 15) is 0 Å². The van der Waals surface area contributed by atoms with Crippen molar-refractivity contribution < 1.29 is 0 Å². The largest absolute Gasteiger partial charge is 0.364 e. The average Bonchev–Trinajstić information content (AvgIpc) is 2.88. The summed E-state index contributed by atoms with van der Waals surface area (Å²) in [5.74, 6) is 0.902. The van der Waals surface area contributed by atoms with Crippen LogP contribution in [0.4, 0.5) is 5.69 Å². The number of likely N-dealkylation sites (tertiary alicyclic amines) is 1. The van der Waals surface area contributed by atoms with Crippen molar-refractivity contribution in [2.45, 2.75) is 25.3 Å². The first-order valence-corrected chi connectivity index (χ1v) is 7.43. The van der Waals surface area contributed by atoms with Crippen LogP contribution in [0.5, 0.6) is 0 Å². The zero-order valence-corrected chi connectivity index (χ0v) is 13.4. The maximum atomic E-state index is 6.18. The number of aliphatic imine (C=N–C) groups is 2. The van der Waals surface area contributed by atoms with Gasteiger partial charge in [0.25, 0.3) is 0 Å². The Hall–Kier alpha value is -2.15. The van der Waals surface area contributed by atoms with Crippen molar-refractivity contribution in [3.8, 4) is 0 Å². The van der Waals surface area contributed by atoms with Crippen LogP contribution >= 0.6 is 0 Å². The molecule has 0 atom stereocenters. The van der Waals surface area contributed by atoms with Gasteiger partial charge in [-0.1, -0.05) is 0 Å². The Labute approximate surface area is 131 Å². The Balaban J connectivity index is 1.97. The Morgan fingerprint density at radius 3 is 2.86 bits per heavy atom. The van der Waals surface area contributed by atoms with E-state index < -0.39 is 0 Å². The summed E-state index contributed by atoms with van der Waals surface area (Å²) in [4.78, 5) is 10.6. The van der Waals surface area contributed by atoms with Crippen LogP contribution in [0.25, 0.3) is 0 Å². The fourth-order valence-corrected chi connectivity index (χ4v) is 2.35. The highest BCUT2D eigenvalue weighted by atomic mass is 15.3. The Kier molecular flexibility index (Phi) is 5.32. The lowest BCUT2D eigenvalue weighted by atomic mass is 9.91.